The first-order chi connectivity index (χ1) is 10.4. The van der Waals surface area contributed by atoms with E-state index in [1.165, 1.54) is 61.5 Å². The molecule has 1 heterocycles. The van der Waals surface area contributed by atoms with Gasteiger partial charge in [-0.3, -0.25) is 4.98 Å². The van der Waals surface area contributed by atoms with Crippen LogP contribution in [0.3, 0.4) is 0 Å². The Bertz CT molecular complexity index is 612. The predicted molar refractivity (Wildman–Crippen MR) is 87.5 cm³/mol. The summed E-state index contributed by atoms with van der Waals surface area (Å²) >= 11 is 0. The molecular formula is C19H24N2. The van der Waals surface area contributed by atoms with E-state index in [0.717, 1.165) is 12.0 Å². The van der Waals surface area contributed by atoms with Crippen LogP contribution in [0.15, 0.2) is 36.5 Å². The fraction of sp³-hybridized carbons (Fsp3) is 0.526. The summed E-state index contributed by atoms with van der Waals surface area (Å²) in [6.07, 6.45) is 10.2. The van der Waals surface area contributed by atoms with Crippen molar-refractivity contribution in [1.29, 1.82) is 0 Å². The van der Waals surface area contributed by atoms with Crippen LogP contribution in [0.5, 0.6) is 0 Å². The molecule has 2 unspecified atom stereocenters. The zero-order chi connectivity index (χ0) is 14.1. The van der Waals surface area contributed by atoms with Crippen LogP contribution in [-0.4, -0.2) is 17.6 Å². The van der Waals surface area contributed by atoms with Gasteiger partial charge in [-0.05, 0) is 55.7 Å². The van der Waals surface area contributed by atoms with Gasteiger partial charge >= 0.3 is 0 Å². The minimum Gasteiger partial charge on any atom is -0.314 e. The highest BCUT2D eigenvalue weighted by molar-refractivity contribution is 5.82. The van der Waals surface area contributed by atoms with E-state index in [-0.39, 0.29) is 0 Å². The van der Waals surface area contributed by atoms with Crippen LogP contribution in [0.4, 0.5) is 0 Å². The van der Waals surface area contributed by atoms with Crippen LogP contribution >= 0.6 is 0 Å². The molecule has 1 aromatic carbocycles. The summed E-state index contributed by atoms with van der Waals surface area (Å²) in [6, 6.07) is 11.8. The zero-order valence-electron chi connectivity index (χ0n) is 12.6. The monoisotopic (exact) mass is 280 g/mol. The van der Waals surface area contributed by atoms with Crippen LogP contribution in [0, 0.1) is 5.92 Å². The molecule has 0 amide bonds. The van der Waals surface area contributed by atoms with Gasteiger partial charge in [-0.25, -0.2) is 0 Å². The van der Waals surface area contributed by atoms with E-state index in [4.69, 9.17) is 0 Å². The van der Waals surface area contributed by atoms with Crippen molar-refractivity contribution < 1.29 is 0 Å². The number of aromatic nitrogens is 1. The van der Waals surface area contributed by atoms with E-state index < -0.39 is 0 Å². The summed E-state index contributed by atoms with van der Waals surface area (Å²) in [5, 5.41) is 5.04. The second-order valence-corrected chi connectivity index (χ2v) is 6.76. The lowest BCUT2D eigenvalue weighted by atomic mass is 9.75. The van der Waals surface area contributed by atoms with Gasteiger partial charge in [0.2, 0.25) is 0 Å². The summed E-state index contributed by atoms with van der Waals surface area (Å²) in [7, 11) is 0. The quantitative estimate of drug-likeness (QED) is 0.905. The zero-order valence-corrected chi connectivity index (χ0v) is 12.6. The number of hydrogen-bond acceptors (Lipinski definition) is 2. The Hall–Kier alpha value is -1.41. The molecule has 21 heavy (non-hydrogen) atoms. The van der Waals surface area contributed by atoms with Crippen molar-refractivity contribution in [1.82, 2.24) is 10.3 Å². The maximum Gasteiger partial charge on any atom is 0.0736 e. The number of nitrogens with one attached hydrogen (secondary N) is 1. The van der Waals surface area contributed by atoms with Gasteiger partial charge in [0.1, 0.15) is 0 Å². The van der Waals surface area contributed by atoms with E-state index in [1.54, 1.807) is 0 Å². The molecule has 0 aliphatic heterocycles. The summed E-state index contributed by atoms with van der Waals surface area (Å²) in [4.78, 5) is 4.68. The van der Waals surface area contributed by atoms with Crippen molar-refractivity contribution in [2.75, 3.05) is 6.54 Å². The number of hydrogen-bond donors (Lipinski definition) is 1. The smallest absolute Gasteiger partial charge is 0.0736 e. The standard InChI is InChI=1S/C19H24N2/c1-2-8-17(15(5-1)13-21-16-10-11-16)18-9-3-6-14-7-4-12-20-19(14)18/h3-4,6-7,9,12,15-17,21H,1-2,5,8,10-11,13H2. The van der Waals surface area contributed by atoms with E-state index in [0.29, 0.717) is 5.92 Å². The SMILES string of the molecule is c1cnc2c(C3CCCCC3CNC3CC3)cccc2c1. The molecule has 1 N–H and O–H groups in total. The molecule has 2 saturated carbocycles. The van der Waals surface area contributed by atoms with Crippen LogP contribution in [0.2, 0.25) is 0 Å². The Balaban J connectivity index is 1.63. The van der Waals surface area contributed by atoms with Gasteiger partial charge in [0, 0.05) is 17.6 Å². The highest BCUT2D eigenvalue weighted by atomic mass is 14.9. The third-order valence-electron chi connectivity index (χ3n) is 5.22. The second kappa shape index (κ2) is 5.76. The fourth-order valence-corrected chi connectivity index (χ4v) is 3.89. The molecule has 0 saturated heterocycles. The fourth-order valence-electron chi connectivity index (χ4n) is 3.89. The van der Waals surface area contributed by atoms with E-state index in [2.05, 4.69) is 34.6 Å². The molecule has 0 radical (unpaired) electrons. The molecule has 2 nitrogen and oxygen atoms in total. The van der Waals surface area contributed by atoms with Crippen LogP contribution in [0.25, 0.3) is 10.9 Å². The summed E-state index contributed by atoms with van der Waals surface area (Å²) < 4.78 is 0. The van der Waals surface area contributed by atoms with E-state index in [9.17, 15) is 0 Å². The van der Waals surface area contributed by atoms with E-state index in [1.807, 2.05) is 12.3 Å². The number of para-hydroxylation sites is 1. The predicted octanol–water partition coefficient (Wildman–Crippen LogP) is 4.26. The summed E-state index contributed by atoms with van der Waals surface area (Å²) in [5.41, 5.74) is 2.71. The highest BCUT2D eigenvalue weighted by Gasteiger charge is 2.30. The van der Waals surface area contributed by atoms with Crippen LogP contribution in [0.1, 0.15) is 50.0 Å². The van der Waals surface area contributed by atoms with Gasteiger partial charge in [0.15, 0.2) is 0 Å². The minimum absolute atomic E-state index is 0.684. The van der Waals surface area contributed by atoms with Crippen LogP contribution in [-0.2, 0) is 0 Å². The number of pyridine rings is 1. The maximum atomic E-state index is 4.68. The molecule has 2 aliphatic rings. The summed E-state index contributed by atoms with van der Waals surface area (Å²) in [5.74, 6) is 1.47. The Morgan fingerprint density at radius 2 is 1.86 bits per heavy atom. The Kier molecular flexibility index (Phi) is 3.64. The topological polar surface area (TPSA) is 24.9 Å². The molecule has 110 valence electrons. The Morgan fingerprint density at radius 3 is 2.76 bits per heavy atom. The Labute approximate surface area is 127 Å². The molecule has 0 spiro atoms. The third kappa shape index (κ3) is 2.82. The van der Waals surface area contributed by atoms with Gasteiger partial charge in [-0.2, -0.15) is 0 Å². The molecule has 2 atom stereocenters. The van der Waals surface area contributed by atoms with Gasteiger partial charge in [-0.15, -0.1) is 0 Å². The first kappa shape index (κ1) is 13.3. The van der Waals surface area contributed by atoms with Gasteiger partial charge in [0.05, 0.1) is 5.52 Å². The van der Waals surface area contributed by atoms with Gasteiger partial charge < -0.3 is 5.32 Å². The van der Waals surface area contributed by atoms with Crippen molar-refractivity contribution >= 4 is 10.9 Å². The van der Waals surface area contributed by atoms with Crippen molar-refractivity contribution in [3.63, 3.8) is 0 Å². The molecule has 2 aromatic rings. The molecule has 2 aliphatic carbocycles. The molecule has 4 rings (SSSR count). The third-order valence-corrected chi connectivity index (χ3v) is 5.22. The molecular weight excluding hydrogens is 256 g/mol. The number of benzene rings is 1. The number of rotatable bonds is 4. The lowest BCUT2D eigenvalue weighted by Gasteiger charge is -2.32. The van der Waals surface area contributed by atoms with Crippen molar-refractivity contribution in [3.05, 3.63) is 42.1 Å². The van der Waals surface area contributed by atoms with E-state index >= 15 is 0 Å². The first-order valence-electron chi connectivity index (χ1n) is 8.49. The number of fused-ring (bicyclic) bond motifs is 1. The lowest BCUT2D eigenvalue weighted by molar-refractivity contribution is 0.296. The molecule has 2 fully saturated rings. The summed E-state index contributed by atoms with van der Waals surface area (Å²) in [6.45, 7) is 1.19. The van der Waals surface area contributed by atoms with Gasteiger partial charge in [0.25, 0.3) is 0 Å². The first-order valence-corrected chi connectivity index (χ1v) is 8.49. The average Bonchev–Trinajstić information content (AvgIpc) is 3.37. The van der Waals surface area contributed by atoms with Crippen molar-refractivity contribution in [2.45, 2.75) is 50.5 Å². The maximum absolute atomic E-state index is 4.68. The molecule has 0 bridgehead atoms. The molecule has 1 aromatic heterocycles. The number of nitrogens with zero attached hydrogens (tertiary/aromatic N) is 1. The van der Waals surface area contributed by atoms with Crippen molar-refractivity contribution in [3.8, 4) is 0 Å². The Morgan fingerprint density at radius 1 is 1.00 bits per heavy atom. The lowest BCUT2D eigenvalue weighted by Crippen LogP contribution is -2.30. The molecule has 2 heteroatoms. The minimum atomic E-state index is 0.684. The normalized spacial score (nSPS) is 26.1. The van der Waals surface area contributed by atoms with Crippen molar-refractivity contribution in [2.24, 2.45) is 5.92 Å². The van der Waals surface area contributed by atoms with Crippen LogP contribution < -0.4 is 5.32 Å². The second-order valence-electron chi connectivity index (χ2n) is 6.76. The van der Waals surface area contributed by atoms with Gasteiger partial charge in [-0.1, -0.05) is 37.1 Å². The highest BCUT2D eigenvalue weighted by Crippen LogP contribution is 2.40. The largest absolute Gasteiger partial charge is 0.314 e. The average molecular weight is 280 g/mol.